The maximum absolute atomic E-state index is 6.23. The van der Waals surface area contributed by atoms with Crippen molar-refractivity contribution in [2.45, 2.75) is 72.4 Å². The molecule has 0 heterocycles. The van der Waals surface area contributed by atoms with Crippen molar-refractivity contribution < 1.29 is 4.74 Å². The molecule has 17 heavy (non-hydrogen) atoms. The zero-order chi connectivity index (χ0) is 13.1. The van der Waals surface area contributed by atoms with E-state index in [1.54, 1.807) is 0 Å². The van der Waals surface area contributed by atoms with Crippen LogP contribution in [0.3, 0.4) is 0 Å². The van der Waals surface area contributed by atoms with Gasteiger partial charge in [0.05, 0.1) is 12.7 Å². The molecule has 0 aromatic carbocycles. The summed E-state index contributed by atoms with van der Waals surface area (Å²) in [7, 11) is 0. The van der Waals surface area contributed by atoms with E-state index in [9.17, 15) is 0 Å². The molecule has 0 bridgehead atoms. The van der Waals surface area contributed by atoms with Gasteiger partial charge in [0.15, 0.2) is 0 Å². The quantitative estimate of drug-likeness (QED) is 0.816. The Kier molecular flexibility index (Phi) is 5.46. The molecule has 102 valence electrons. The summed E-state index contributed by atoms with van der Waals surface area (Å²) in [5, 5.41) is 0. The summed E-state index contributed by atoms with van der Waals surface area (Å²) in [5.41, 5.74) is 6.69. The Balaban J connectivity index is 2.31. The number of hydrogen-bond donors (Lipinski definition) is 1. The molecule has 1 aliphatic rings. The second-order valence-corrected chi connectivity index (χ2v) is 7.02. The van der Waals surface area contributed by atoms with E-state index in [0.717, 1.165) is 12.5 Å². The molecule has 1 aliphatic carbocycles. The zero-order valence-corrected chi connectivity index (χ0v) is 12.3. The van der Waals surface area contributed by atoms with Gasteiger partial charge in [-0.25, -0.2) is 0 Å². The summed E-state index contributed by atoms with van der Waals surface area (Å²) >= 11 is 0. The summed E-state index contributed by atoms with van der Waals surface area (Å²) < 4.78 is 5.63. The van der Waals surface area contributed by atoms with E-state index < -0.39 is 0 Å². The SMILES string of the molecule is CC(C)OCC(N)C1CCC(C(C)(C)C)CC1. The maximum Gasteiger partial charge on any atom is 0.0623 e. The van der Waals surface area contributed by atoms with Crippen LogP contribution in [0.2, 0.25) is 0 Å². The van der Waals surface area contributed by atoms with Gasteiger partial charge in [0.2, 0.25) is 0 Å². The van der Waals surface area contributed by atoms with Crippen LogP contribution in [0.5, 0.6) is 0 Å². The van der Waals surface area contributed by atoms with Crippen LogP contribution in [0.1, 0.15) is 60.3 Å². The molecule has 0 radical (unpaired) electrons. The lowest BCUT2D eigenvalue weighted by Crippen LogP contribution is -2.39. The second kappa shape index (κ2) is 6.19. The van der Waals surface area contributed by atoms with E-state index in [1.165, 1.54) is 25.7 Å². The predicted octanol–water partition coefficient (Wildman–Crippen LogP) is 3.59. The minimum Gasteiger partial charge on any atom is -0.377 e. The van der Waals surface area contributed by atoms with E-state index in [2.05, 4.69) is 34.6 Å². The van der Waals surface area contributed by atoms with Gasteiger partial charge in [-0.05, 0) is 56.8 Å². The molecule has 0 aromatic rings. The van der Waals surface area contributed by atoms with Crippen molar-refractivity contribution in [1.29, 1.82) is 0 Å². The van der Waals surface area contributed by atoms with Gasteiger partial charge < -0.3 is 10.5 Å². The first-order valence-electron chi connectivity index (χ1n) is 7.18. The van der Waals surface area contributed by atoms with Crippen LogP contribution in [0.15, 0.2) is 0 Å². The van der Waals surface area contributed by atoms with E-state index in [1.807, 2.05) is 0 Å². The molecular weight excluding hydrogens is 210 g/mol. The minimum absolute atomic E-state index is 0.235. The van der Waals surface area contributed by atoms with Gasteiger partial charge in [-0.1, -0.05) is 20.8 Å². The number of ether oxygens (including phenoxy) is 1. The molecule has 0 amide bonds. The lowest BCUT2D eigenvalue weighted by Gasteiger charge is -2.38. The summed E-state index contributed by atoms with van der Waals surface area (Å²) in [6, 6.07) is 0.235. The molecule has 0 aromatic heterocycles. The molecule has 1 saturated carbocycles. The van der Waals surface area contributed by atoms with Gasteiger partial charge >= 0.3 is 0 Å². The molecule has 2 heteroatoms. The molecule has 1 atom stereocenters. The lowest BCUT2D eigenvalue weighted by molar-refractivity contribution is 0.0449. The number of nitrogens with two attached hydrogens (primary N) is 1. The first-order chi connectivity index (χ1) is 7.80. The first kappa shape index (κ1) is 15.0. The predicted molar refractivity (Wildman–Crippen MR) is 74.0 cm³/mol. The molecule has 2 nitrogen and oxygen atoms in total. The molecule has 1 fully saturated rings. The van der Waals surface area contributed by atoms with E-state index in [4.69, 9.17) is 10.5 Å². The highest BCUT2D eigenvalue weighted by Gasteiger charge is 2.31. The topological polar surface area (TPSA) is 35.2 Å². The fraction of sp³-hybridized carbons (Fsp3) is 1.00. The van der Waals surface area contributed by atoms with Gasteiger partial charge in [0, 0.05) is 6.04 Å². The van der Waals surface area contributed by atoms with Crippen molar-refractivity contribution in [3.8, 4) is 0 Å². The van der Waals surface area contributed by atoms with Crippen LogP contribution in [0.25, 0.3) is 0 Å². The first-order valence-corrected chi connectivity index (χ1v) is 7.18. The highest BCUT2D eigenvalue weighted by molar-refractivity contribution is 4.84. The fourth-order valence-corrected chi connectivity index (χ4v) is 2.85. The third-order valence-electron chi connectivity index (χ3n) is 4.22. The summed E-state index contributed by atoms with van der Waals surface area (Å²) in [5.74, 6) is 1.55. The highest BCUT2D eigenvalue weighted by atomic mass is 16.5. The normalized spacial score (nSPS) is 28.4. The second-order valence-electron chi connectivity index (χ2n) is 7.02. The van der Waals surface area contributed by atoms with Crippen molar-refractivity contribution in [3.63, 3.8) is 0 Å². The van der Waals surface area contributed by atoms with Crippen molar-refractivity contribution >= 4 is 0 Å². The van der Waals surface area contributed by atoms with Crippen molar-refractivity contribution in [2.75, 3.05) is 6.61 Å². The zero-order valence-electron chi connectivity index (χ0n) is 12.3. The molecule has 0 aliphatic heterocycles. The Bertz CT molecular complexity index is 211. The number of rotatable bonds is 4. The van der Waals surface area contributed by atoms with Crippen molar-refractivity contribution in [2.24, 2.45) is 23.0 Å². The monoisotopic (exact) mass is 241 g/mol. The van der Waals surface area contributed by atoms with Crippen LogP contribution < -0.4 is 5.73 Å². The molecule has 2 N–H and O–H groups in total. The lowest BCUT2D eigenvalue weighted by atomic mass is 9.68. The fourth-order valence-electron chi connectivity index (χ4n) is 2.85. The third-order valence-corrected chi connectivity index (χ3v) is 4.22. The Hall–Kier alpha value is -0.0800. The van der Waals surface area contributed by atoms with Crippen LogP contribution in [-0.4, -0.2) is 18.8 Å². The molecule has 0 saturated heterocycles. The van der Waals surface area contributed by atoms with Crippen molar-refractivity contribution in [1.82, 2.24) is 0 Å². The Labute approximate surface area is 107 Å². The van der Waals surface area contributed by atoms with Crippen LogP contribution in [0, 0.1) is 17.3 Å². The van der Waals surface area contributed by atoms with Crippen molar-refractivity contribution in [3.05, 3.63) is 0 Å². The van der Waals surface area contributed by atoms with Gasteiger partial charge in [-0.2, -0.15) is 0 Å². The average Bonchev–Trinajstić information content (AvgIpc) is 2.25. The van der Waals surface area contributed by atoms with Crippen LogP contribution in [0.4, 0.5) is 0 Å². The van der Waals surface area contributed by atoms with Gasteiger partial charge in [-0.15, -0.1) is 0 Å². The smallest absolute Gasteiger partial charge is 0.0623 e. The van der Waals surface area contributed by atoms with Gasteiger partial charge in [0.25, 0.3) is 0 Å². The van der Waals surface area contributed by atoms with Crippen LogP contribution >= 0.6 is 0 Å². The van der Waals surface area contributed by atoms with Gasteiger partial charge in [0.1, 0.15) is 0 Å². The minimum atomic E-state index is 0.235. The Morgan fingerprint density at radius 3 is 2.06 bits per heavy atom. The maximum atomic E-state index is 6.23. The summed E-state index contributed by atoms with van der Waals surface area (Å²) in [6.07, 6.45) is 5.54. The van der Waals surface area contributed by atoms with Crippen LogP contribution in [-0.2, 0) is 4.74 Å². The average molecular weight is 241 g/mol. The molecule has 1 rings (SSSR count). The Morgan fingerprint density at radius 2 is 1.65 bits per heavy atom. The van der Waals surface area contributed by atoms with E-state index in [-0.39, 0.29) is 6.04 Å². The molecule has 1 unspecified atom stereocenters. The van der Waals surface area contributed by atoms with E-state index in [0.29, 0.717) is 17.4 Å². The largest absolute Gasteiger partial charge is 0.377 e. The molecule has 0 spiro atoms. The molecular formula is C15H31NO. The number of hydrogen-bond acceptors (Lipinski definition) is 2. The third kappa shape index (κ3) is 4.97. The Morgan fingerprint density at radius 1 is 1.12 bits per heavy atom. The highest BCUT2D eigenvalue weighted by Crippen LogP contribution is 2.40. The summed E-state index contributed by atoms with van der Waals surface area (Å²) in [4.78, 5) is 0. The standard InChI is InChI=1S/C15H31NO/c1-11(2)17-10-14(16)12-6-8-13(9-7-12)15(3,4)5/h11-14H,6-10,16H2,1-5H3. The van der Waals surface area contributed by atoms with E-state index >= 15 is 0 Å². The summed E-state index contributed by atoms with van der Waals surface area (Å²) in [6.45, 7) is 12.0. The van der Waals surface area contributed by atoms with Gasteiger partial charge in [-0.3, -0.25) is 0 Å².